The summed E-state index contributed by atoms with van der Waals surface area (Å²) in [7, 11) is 0. The Morgan fingerprint density at radius 2 is 1.88 bits per heavy atom. The first-order valence-electron chi connectivity index (χ1n) is 4.55. The van der Waals surface area contributed by atoms with E-state index in [2.05, 4.69) is 0 Å². The van der Waals surface area contributed by atoms with Gasteiger partial charge in [0, 0.05) is 12.0 Å². The molecule has 0 saturated heterocycles. The maximum absolute atomic E-state index is 12.7. The molecular weight excluding hydrogens is 215 g/mol. The van der Waals surface area contributed by atoms with E-state index in [0.29, 0.717) is 0 Å². The summed E-state index contributed by atoms with van der Waals surface area (Å²) >= 11 is 0. The van der Waals surface area contributed by atoms with E-state index in [4.69, 9.17) is 5.11 Å². The smallest absolute Gasteiger partial charge is 0.303 e. The van der Waals surface area contributed by atoms with E-state index in [1.54, 1.807) is 0 Å². The topological polar surface area (TPSA) is 71.4 Å². The SMILES string of the molecule is O=C(O)CCC(=O)C(=O)c1cccc(F)c1. The van der Waals surface area contributed by atoms with Crippen LogP contribution in [-0.2, 0) is 9.59 Å². The van der Waals surface area contributed by atoms with E-state index in [9.17, 15) is 18.8 Å². The van der Waals surface area contributed by atoms with Crippen molar-refractivity contribution in [3.8, 4) is 0 Å². The molecule has 0 aliphatic heterocycles. The molecule has 0 fully saturated rings. The lowest BCUT2D eigenvalue weighted by Crippen LogP contribution is -2.15. The maximum atomic E-state index is 12.7. The highest BCUT2D eigenvalue weighted by Gasteiger charge is 2.17. The molecule has 1 N–H and O–H groups in total. The number of carboxylic acid groups (broad SMARTS) is 1. The molecule has 0 amide bonds. The number of aliphatic carboxylic acids is 1. The molecule has 1 aromatic rings. The van der Waals surface area contributed by atoms with Gasteiger partial charge in [0.15, 0.2) is 0 Å². The number of carboxylic acids is 1. The predicted molar refractivity (Wildman–Crippen MR) is 52.6 cm³/mol. The Morgan fingerprint density at radius 3 is 2.44 bits per heavy atom. The first-order valence-corrected chi connectivity index (χ1v) is 4.55. The first-order chi connectivity index (χ1) is 7.50. The number of benzene rings is 1. The minimum atomic E-state index is -1.15. The van der Waals surface area contributed by atoms with Crippen LogP contribution in [0.3, 0.4) is 0 Å². The first kappa shape index (κ1) is 12.0. The number of ketones is 2. The molecule has 1 aromatic carbocycles. The van der Waals surface area contributed by atoms with Gasteiger partial charge in [0.25, 0.3) is 0 Å². The lowest BCUT2D eigenvalue weighted by atomic mass is 10.0. The van der Waals surface area contributed by atoms with Crippen LogP contribution in [0.25, 0.3) is 0 Å². The van der Waals surface area contributed by atoms with E-state index >= 15 is 0 Å². The summed E-state index contributed by atoms with van der Waals surface area (Å²) in [6.45, 7) is 0. The second-order valence-electron chi connectivity index (χ2n) is 3.16. The summed E-state index contributed by atoms with van der Waals surface area (Å²) in [5.74, 6) is -3.45. The third-order valence-electron chi connectivity index (χ3n) is 1.91. The van der Waals surface area contributed by atoms with Gasteiger partial charge in [0.1, 0.15) is 5.82 Å². The standard InChI is InChI=1S/C11H9FO4/c12-8-3-1-2-7(6-8)11(16)9(13)4-5-10(14)15/h1-3,6H,4-5H2,(H,14,15). The van der Waals surface area contributed by atoms with Gasteiger partial charge in [-0.2, -0.15) is 0 Å². The van der Waals surface area contributed by atoms with Crippen molar-refractivity contribution in [1.29, 1.82) is 0 Å². The fourth-order valence-electron chi connectivity index (χ4n) is 1.12. The number of hydrogen-bond donors (Lipinski definition) is 1. The molecule has 84 valence electrons. The van der Waals surface area contributed by atoms with E-state index in [1.165, 1.54) is 12.1 Å². The number of carbonyl (C=O) groups excluding carboxylic acids is 2. The van der Waals surface area contributed by atoms with Crippen molar-refractivity contribution >= 4 is 17.5 Å². The molecule has 0 aliphatic rings. The lowest BCUT2D eigenvalue weighted by molar-refractivity contribution is -0.138. The summed E-state index contributed by atoms with van der Waals surface area (Å²) in [6.07, 6.45) is -0.773. The third-order valence-corrected chi connectivity index (χ3v) is 1.91. The fourth-order valence-corrected chi connectivity index (χ4v) is 1.12. The minimum absolute atomic E-state index is 0.0598. The van der Waals surface area contributed by atoms with E-state index in [0.717, 1.165) is 12.1 Å². The molecule has 0 radical (unpaired) electrons. The van der Waals surface area contributed by atoms with Crippen LogP contribution < -0.4 is 0 Å². The van der Waals surface area contributed by atoms with Gasteiger partial charge in [-0.25, -0.2) is 4.39 Å². The number of carbonyl (C=O) groups is 3. The van der Waals surface area contributed by atoms with Crippen molar-refractivity contribution in [2.45, 2.75) is 12.8 Å². The van der Waals surface area contributed by atoms with Gasteiger partial charge in [-0.15, -0.1) is 0 Å². The van der Waals surface area contributed by atoms with Crippen molar-refractivity contribution in [3.63, 3.8) is 0 Å². The van der Waals surface area contributed by atoms with Gasteiger partial charge in [-0.3, -0.25) is 14.4 Å². The molecule has 0 saturated carbocycles. The molecule has 5 heteroatoms. The number of Topliss-reactive ketones (excluding diaryl/α,β-unsaturated/α-hetero) is 2. The highest BCUT2D eigenvalue weighted by atomic mass is 19.1. The maximum Gasteiger partial charge on any atom is 0.303 e. The lowest BCUT2D eigenvalue weighted by Gasteiger charge is -1.99. The number of halogens is 1. The zero-order valence-corrected chi connectivity index (χ0v) is 8.27. The van der Waals surface area contributed by atoms with Crippen LogP contribution in [0.1, 0.15) is 23.2 Å². The van der Waals surface area contributed by atoms with Crippen LogP contribution in [0.2, 0.25) is 0 Å². The normalized spacial score (nSPS) is 9.81. The summed E-state index contributed by atoms with van der Waals surface area (Å²) in [6, 6.07) is 4.72. The Bertz CT molecular complexity index is 439. The fraction of sp³-hybridized carbons (Fsp3) is 0.182. The van der Waals surface area contributed by atoms with Crippen molar-refractivity contribution in [2.24, 2.45) is 0 Å². The summed E-state index contributed by atoms with van der Waals surface area (Å²) in [5, 5.41) is 8.34. The summed E-state index contributed by atoms with van der Waals surface area (Å²) in [4.78, 5) is 32.8. The molecular formula is C11H9FO4. The Morgan fingerprint density at radius 1 is 1.19 bits per heavy atom. The average molecular weight is 224 g/mol. The molecule has 0 aliphatic carbocycles. The molecule has 0 bridgehead atoms. The quantitative estimate of drug-likeness (QED) is 0.606. The van der Waals surface area contributed by atoms with Crippen molar-refractivity contribution in [1.82, 2.24) is 0 Å². The van der Waals surface area contributed by atoms with Crippen LogP contribution in [0.4, 0.5) is 4.39 Å². The van der Waals surface area contributed by atoms with Crippen LogP contribution in [-0.4, -0.2) is 22.6 Å². The van der Waals surface area contributed by atoms with Gasteiger partial charge in [0.05, 0.1) is 6.42 Å². The Labute approximate surface area is 90.7 Å². The van der Waals surface area contributed by atoms with Gasteiger partial charge >= 0.3 is 5.97 Å². The highest BCUT2D eigenvalue weighted by molar-refractivity contribution is 6.43. The van der Waals surface area contributed by atoms with Crippen molar-refractivity contribution in [2.75, 3.05) is 0 Å². The summed E-state index contributed by atoms with van der Waals surface area (Å²) in [5.41, 5.74) is -0.0598. The Balaban J connectivity index is 2.71. The largest absolute Gasteiger partial charge is 0.481 e. The van der Waals surface area contributed by atoms with Crippen LogP contribution in [0, 0.1) is 5.82 Å². The molecule has 1 rings (SSSR count). The molecule has 4 nitrogen and oxygen atoms in total. The molecule has 0 heterocycles. The van der Waals surface area contributed by atoms with Crippen LogP contribution in [0.15, 0.2) is 24.3 Å². The van der Waals surface area contributed by atoms with Crippen LogP contribution >= 0.6 is 0 Å². The minimum Gasteiger partial charge on any atom is -0.481 e. The second kappa shape index (κ2) is 5.16. The molecule has 0 spiro atoms. The van der Waals surface area contributed by atoms with Gasteiger partial charge in [-0.05, 0) is 12.1 Å². The number of hydrogen-bond acceptors (Lipinski definition) is 3. The Hall–Kier alpha value is -2.04. The second-order valence-corrected chi connectivity index (χ2v) is 3.16. The third kappa shape index (κ3) is 3.27. The van der Waals surface area contributed by atoms with Crippen LogP contribution in [0.5, 0.6) is 0 Å². The van der Waals surface area contributed by atoms with Gasteiger partial charge in [0.2, 0.25) is 11.6 Å². The van der Waals surface area contributed by atoms with E-state index in [-0.39, 0.29) is 12.0 Å². The summed E-state index contributed by atoms with van der Waals surface area (Å²) < 4.78 is 12.7. The highest BCUT2D eigenvalue weighted by Crippen LogP contribution is 2.06. The van der Waals surface area contributed by atoms with Crippen molar-refractivity contribution in [3.05, 3.63) is 35.6 Å². The monoisotopic (exact) mass is 224 g/mol. The Kier molecular flexibility index (Phi) is 3.88. The van der Waals surface area contributed by atoms with E-state index in [1.807, 2.05) is 0 Å². The zero-order valence-electron chi connectivity index (χ0n) is 8.27. The van der Waals surface area contributed by atoms with Gasteiger partial charge < -0.3 is 5.11 Å². The van der Waals surface area contributed by atoms with E-state index < -0.39 is 29.8 Å². The van der Waals surface area contributed by atoms with Gasteiger partial charge in [-0.1, -0.05) is 12.1 Å². The number of rotatable bonds is 5. The zero-order chi connectivity index (χ0) is 12.1. The molecule has 0 atom stereocenters. The average Bonchev–Trinajstić information content (AvgIpc) is 2.24. The van der Waals surface area contributed by atoms with Crippen molar-refractivity contribution < 1.29 is 23.9 Å². The predicted octanol–water partition coefficient (Wildman–Crippen LogP) is 1.44. The molecule has 16 heavy (non-hydrogen) atoms. The molecule has 0 aromatic heterocycles. The molecule has 0 unspecified atom stereocenters.